The van der Waals surface area contributed by atoms with Gasteiger partial charge in [0, 0.05) is 12.0 Å². The molecule has 0 radical (unpaired) electrons. The van der Waals surface area contributed by atoms with E-state index in [1.165, 1.54) is 12.8 Å². The van der Waals surface area contributed by atoms with Gasteiger partial charge in [0.05, 0.1) is 19.8 Å². The summed E-state index contributed by atoms with van der Waals surface area (Å²) in [7, 11) is 0. The number of carbonyl (C=O) groups excluding carboxylic acids is 3. The molecule has 0 rings (SSSR count). The van der Waals surface area contributed by atoms with Crippen molar-refractivity contribution in [1.29, 1.82) is 0 Å². The molecule has 174 valence electrons. The number of carbonyl (C=O) groups is 3. The average molecular weight is 428 g/mol. The predicted octanol–water partition coefficient (Wildman–Crippen LogP) is 4.93. The molecule has 0 aliphatic carbocycles. The van der Waals surface area contributed by atoms with E-state index in [-0.39, 0.29) is 19.1 Å². The van der Waals surface area contributed by atoms with Crippen molar-refractivity contribution in [1.82, 2.24) is 5.32 Å². The second-order valence-electron chi connectivity index (χ2n) is 7.60. The maximum Gasteiger partial charge on any atom is 0.407 e. The number of unbranched alkanes of at least 4 members (excludes halogenated alkanes) is 5. The van der Waals surface area contributed by atoms with E-state index in [0.29, 0.717) is 31.1 Å². The monoisotopic (exact) mass is 427 g/mol. The van der Waals surface area contributed by atoms with Crippen molar-refractivity contribution in [3.05, 3.63) is 12.2 Å². The SMILES string of the molecule is C=C(C)C(=O)OCCNC(=O)OCCCCCCCC(=O)OCC(CC)CCCC. The first-order chi connectivity index (χ1) is 14.4. The molecule has 0 aromatic rings. The fraction of sp³-hybridized carbons (Fsp3) is 0.783. The van der Waals surface area contributed by atoms with Crippen molar-refractivity contribution in [2.75, 3.05) is 26.4 Å². The van der Waals surface area contributed by atoms with Crippen LogP contribution in [0.2, 0.25) is 0 Å². The molecular weight excluding hydrogens is 386 g/mol. The molecule has 30 heavy (non-hydrogen) atoms. The summed E-state index contributed by atoms with van der Waals surface area (Å²) in [6.45, 7) is 10.5. The highest BCUT2D eigenvalue weighted by atomic mass is 16.6. The highest BCUT2D eigenvalue weighted by Gasteiger charge is 2.10. The van der Waals surface area contributed by atoms with E-state index >= 15 is 0 Å². The largest absolute Gasteiger partial charge is 0.465 e. The maximum absolute atomic E-state index is 11.8. The quantitative estimate of drug-likeness (QED) is 0.144. The summed E-state index contributed by atoms with van der Waals surface area (Å²) in [5, 5.41) is 2.52. The molecule has 0 aromatic carbocycles. The molecule has 0 aromatic heterocycles. The molecule has 1 N–H and O–H groups in total. The Bertz CT molecular complexity index is 506. The van der Waals surface area contributed by atoms with E-state index in [2.05, 4.69) is 25.7 Å². The Labute approximate surface area is 181 Å². The van der Waals surface area contributed by atoms with Gasteiger partial charge in [0.25, 0.3) is 0 Å². The molecule has 0 aliphatic rings. The first-order valence-electron chi connectivity index (χ1n) is 11.3. The average Bonchev–Trinajstić information content (AvgIpc) is 2.72. The highest BCUT2D eigenvalue weighted by molar-refractivity contribution is 5.86. The van der Waals surface area contributed by atoms with Crippen LogP contribution in [0.15, 0.2) is 12.2 Å². The lowest BCUT2D eigenvalue weighted by Crippen LogP contribution is -2.29. The summed E-state index contributed by atoms with van der Waals surface area (Å²) in [6.07, 6.45) is 8.98. The Hall–Kier alpha value is -2.05. The number of hydrogen-bond acceptors (Lipinski definition) is 6. The number of amides is 1. The number of hydrogen-bond donors (Lipinski definition) is 1. The van der Waals surface area contributed by atoms with Gasteiger partial charge in [-0.3, -0.25) is 4.79 Å². The predicted molar refractivity (Wildman–Crippen MR) is 117 cm³/mol. The van der Waals surface area contributed by atoms with Gasteiger partial charge in [-0.2, -0.15) is 0 Å². The van der Waals surface area contributed by atoms with Crippen molar-refractivity contribution in [3.8, 4) is 0 Å². The molecule has 1 amide bonds. The molecule has 7 heteroatoms. The van der Waals surface area contributed by atoms with Gasteiger partial charge in [-0.05, 0) is 32.1 Å². The lowest BCUT2D eigenvalue weighted by atomic mass is 10.0. The van der Waals surface area contributed by atoms with Crippen molar-refractivity contribution >= 4 is 18.0 Å². The molecule has 0 saturated heterocycles. The van der Waals surface area contributed by atoms with Crippen LogP contribution >= 0.6 is 0 Å². The second-order valence-corrected chi connectivity index (χ2v) is 7.60. The third-order valence-corrected chi connectivity index (χ3v) is 4.73. The van der Waals surface area contributed by atoms with Crippen LogP contribution in [-0.4, -0.2) is 44.4 Å². The fourth-order valence-corrected chi connectivity index (χ4v) is 2.72. The van der Waals surface area contributed by atoms with E-state index in [0.717, 1.165) is 44.9 Å². The Balaban J connectivity index is 3.50. The molecule has 0 fully saturated rings. The maximum atomic E-state index is 11.8. The van der Waals surface area contributed by atoms with Crippen LogP contribution in [0.3, 0.4) is 0 Å². The molecule has 0 bridgehead atoms. The summed E-state index contributed by atoms with van der Waals surface area (Å²) in [5.74, 6) is -0.0908. The molecule has 1 atom stereocenters. The summed E-state index contributed by atoms with van der Waals surface area (Å²) < 4.78 is 15.3. The zero-order valence-corrected chi connectivity index (χ0v) is 19.1. The lowest BCUT2D eigenvalue weighted by molar-refractivity contribution is -0.145. The van der Waals surface area contributed by atoms with Crippen LogP contribution < -0.4 is 5.32 Å². The van der Waals surface area contributed by atoms with Gasteiger partial charge < -0.3 is 19.5 Å². The summed E-state index contributed by atoms with van der Waals surface area (Å²) in [6, 6.07) is 0. The zero-order valence-electron chi connectivity index (χ0n) is 19.1. The van der Waals surface area contributed by atoms with Gasteiger partial charge in [-0.1, -0.05) is 59.0 Å². The number of nitrogens with one attached hydrogen (secondary N) is 1. The van der Waals surface area contributed by atoms with Crippen LogP contribution in [-0.2, 0) is 23.8 Å². The van der Waals surface area contributed by atoms with Crippen molar-refractivity contribution in [3.63, 3.8) is 0 Å². The first kappa shape index (κ1) is 27.9. The summed E-state index contributed by atoms with van der Waals surface area (Å²) >= 11 is 0. The smallest absolute Gasteiger partial charge is 0.407 e. The number of rotatable bonds is 18. The lowest BCUT2D eigenvalue weighted by Gasteiger charge is -2.14. The van der Waals surface area contributed by atoms with Gasteiger partial charge in [0.1, 0.15) is 6.61 Å². The number of ether oxygens (including phenoxy) is 3. The van der Waals surface area contributed by atoms with Crippen LogP contribution in [0.25, 0.3) is 0 Å². The normalized spacial score (nSPS) is 11.4. The molecule has 7 nitrogen and oxygen atoms in total. The summed E-state index contributed by atoms with van der Waals surface area (Å²) in [5.41, 5.74) is 0.321. The minimum Gasteiger partial charge on any atom is -0.465 e. The van der Waals surface area contributed by atoms with Crippen LogP contribution in [0, 0.1) is 5.92 Å². The van der Waals surface area contributed by atoms with E-state index in [9.17, 15) is 14.4 Å². The number of esters is 2. The van der Waals surface area contributed by atoms with Gasteiger partial charge in [-0.25, -0.2) is 9.59 Å². The van der Waals surface area contributed by atoms with E-state index in [4.69, 9.17) is 14.2 Å². The highest BCUT2D eigenvalue weighted by Crippen LogP contribution is 2.14. The Morgan fingerprint density at radius 1 is 0.900 bits per heavy atom. The third kappa shape index (κ3) is 16.9. The topological polar surface area (TPSA) is 90.9 Å². The van der Waals surface area contributed by atoms with Gasteiger partial charge >= 0.3 is 18.0 Å². The minimum absolute atomic E-state index is 0.0844. The van der Waals surface area contributed by atoms with Crippen molar-refractivity contribution in [2.45, 2.75) is 85.0 Å². The van der Waals surface area contributed by atoms with E-state index in [1.54, 1.807) is 6.92 Å². The molecule has 0 aliphatic heterocycles. The Morgan fingerprint density at radius 3 is 2.27 bits per heavy atom. The van der Waals surface area contributed by atoms with E-state index in [1.807, 2.05) is 0 Å². The zero-order chi connectivity index (χ0) is 22.6. The Kier molecular flexibility index (Phi) is 17.7. The van der Waals surface area contributed by atoms with Crippen molar-refractivity contribution in [2.24, 2.45) is 5.92 Å². The third-order valence-electron chi connectivity index (χ3n) is 4.73. The van der Waals surface area contributed by atoms with Crippen molar-refractivity contribution < 1.29 is 28.6 Å². The molecule has 0 spiro atoms. The van der Waals surface area contributed by atoms with Gasteiger partial charge in [-0.15, -0.1) is 0 Å². The second kappa shape index (κ2) is 18.9. The first-order valence-corrected chi connectivity index (χ1v) is 11.3. The van der Waals surface area contributed by atoms with E-state index < -0.39 is 12.1 Å². The molecule has 1 unspecified atom stereocenters. The standard InChI is InChI=1S/C23H41NO6/c1-5-7-13-20(6-2)18-30-21(25)14-11-9-8-10-12-16-29-23(27)24-15-17-28-22(26)19(3)4/h20H,3,5-18H2,1-2,4H3,(H,24,27). The molecular formula is C23H41NO6. The van der Waals surface area contributed by atoms with Crippen LogP contribution in [0.5, 0.6) is 0 Å². The Morgan fingerprint density at radius 2 is 1.60 bits per heavy atom. The summed E-state index contributed by atoms with van der Waals surface area (Å²) in [4.78, 5) is 34.4. The van der Waals surface area contributed by atoms with Gasteiger partial charge in [0.2, 0.25) is 0 Å². The van der Waals surface area contributed by atoms with Gasteiger partial charge in [0.15, 0.2) is 0 Å². The fourth-order valence-electron chi connectivity index (χ4n) is 2.72. The molecule has 0 saturated carbocycles. The van der Waals surface area contributed by atoms with Crippen LogP contribution in [0.1, 0.15) is 85.0 Å². The number of alkyl carbamates (subject to hydrolysis) is 1. The van der Waals surface area contributed by atoms with Crippen LogP contribution in [0.4, 0.5) is 4.79 Å². The minimum atomic E-state index is -0.520. The molecule has 0 heterocycles.